The summed E-state index contributed by atoms with van der Waals surface area (Å²) in [7, 11) is -13.1. The van der Waals surface area contributed by atoms with Crippen LogP contribution in [0.15, 0.2) is 70.1 Å². The molecular formula is C34H45N2O14S4+. The minimum absolute atomic E-state index is 0.0169. The molecular weight excluding hydrogens is 789 g/mol. The molecule has 54 heavy (non-hydrogen) atoms. The molecule has 0 aliphatic carbocycles. The van der Waals surface area contributed by atoms with Crippen LogP contribution in [0.25, 0.3) is 0 Å². The Hall–Kier alpha value is -3.18. The zero-order valence-corrected chi connectivity index (χ0v) is 33.2. The van der Waals surface area contributed by atoms with E-state index >= 15 is 0 Å². The predicted octanol–water partition coefficient (Wildman–Crippen LogP) is 5.55. The molecule has 20 heteroatoms. The first-order valence-electron chi connectivity index (χ1n) is 16.9. The highest BCUT2D eigenvalue weighted by Crippen LogP contribution is 2.52. The van der Waals surface area contributed by atoms with E-state index in [1.165, 1.54) is 18.2 Å². The zero-order valence-electron chi connectivity index (χ0n) is 29.9. The lowest BCUT2D eigenvalue weighted by atomic mass is 9.77. The fourth-order valence-electron chi connectivity index (χ4n) is 7.17. The van der Waals surface area contributed by atoms with Gasteiger partial charge in [0.2, 0.25) is 5.69 Å². The maximum absolute atomic E-state index is 12.1. The lowest BCUT2D eigenvalue weighted by Gasteiger charge is -2.30. The number of unbranched alkanes of at least 4 members (excludes halogenated alkanes) is 2. The second-order valence-electron chi connectivity index (χ2n) is 13.8. The minimum atomic E-state index is -4.54. The standard InChI is InChI=1S/C34H44N2O14S4/c1-33(2)26-23-25(54(46,47)48)14-16-28(26)35(18-8-20-52(40,41)42)30(33)10-7-11-31-34(3,17-6-4-5-12-32(37)38)27-22-24(51-50-49-39)13-15-29(27)36(31)19-9-21-53(43,44)45/h7,10-11,13-16,22-23H,4-6,8-9,12,17-21H2,1-3H3,(H4-,37,38,39,40,41,42,43,44,45,46,47,48)/p+1. The summed E-state index contributed by atoms with van der Waals surface area (Å²) in [6, 6.07) is 9.54. The van der Waals surface area contributed by atoms with Crippen molar-refractivity contribution in [2.75, 3.05) is 29.5 Å². The van der Waals surface area contributed by atoms with Gasteiger partial charge in [-0.15, -0.1) is 4.33 Å². The van der Waals surface area contributed by atoms with Crippen molar-refractivity contribution in [2.24, 2.45) is 0 Å². The van der Waals surface area contributed by atoms with Gasteiger partial charge < -0.3 is 10.0 Å². The van der Waals surface area contributed by atoms with Gasteiger partial charge in [0.15, 0.2) is 5.71 Å². The number of benzene rings is 2. The van der Waals surface area contributed by atoms with Gasteiger partial charge in [-0.1, -0.05) is 24.0 Å². The van der Waals surface area contributed by atoms with E-state index in [4.69, 9.17) is 10.4 Å². The average molecular weight is 834 g/mol. The number of aliphatic carboxylic acids is 1. The number of rotatable bonds is 20. The number of carbonyl (C=O) groups is 1. The summed E-state index contributed by atoms with van der Waals surface area (Å²) in [6.07, 6.45) is 7.83. The van der Waals surface area contributed by atoms with Gasteiger partial charge in [-0.3, -0.25) is 18.5 Å². The third-order valence-corrected chi connectivity index (χ3v) is 12.7. The lowest BCUT2D eigenvalue weighted by Crippen LogP contribution is -2.30. The molecule has 5 N–H and O–H groups in total. The number of hydrogen-bond donors (Lipinski definition) is 5. The molecule has 0 fully saturated rings. The van der Waals surface area contributed by atoms with Crippen LogP contribution in [0.3, 0.4) is 0 Å². The molecule has 0 saturated heterocycles. The normalized spacial score (nSPS) is 19.2. The lowest BCUT2D eigenvalue weighted by molar-refractivity contribution is -0.437. The molecule has 0 bridgehead atoms. The number of nitrogens with zero attached hydrogens (tertiary/aromatic N) is 2. The Morgan fingerprint density at radius 3 is 2.20 bits per heavy atom. The maximum Gasteiger partial charge on any atom is 0.303 e. The van der Waals surface area contributed by atoms with Gasteiger partial charge >= 0.3 is 5.97 Å². The molecule has 1 atom stereocenters. The van der Waals surface area contributed by atoms with E-state index in [0.717, 1.165) is 29.0 Å². The quantitative estimate of drug-likeness (QED) is 0.0274. The van der Waals surface area contributed by atoms with E-state index in [2.05, 4.69) is 9.37 Å². The van der Waals surface area contributed by atoms with Crippen LogP contribution in [-0.4, -0.2) is 90.1 Å². The van der Waals surface area contributed by atoms with Crippen LogP contribution in [-0.2, 0) is 55.4 Å². The first-order valence-corrected chi connectivity index (χ1v) is 22.3. The summed E-state index contributed by atoms with van der Waals surface area (Å²) in [4.78, 5) is 13.4. The molecule has 2 aromatic carbocycles. The van der Waals surface area contributed by atoms with Crippen molar-refractivity contribution in [3.05, 3.63) is 71.5 Å². The Balaban J connectivity index is 1.84. The smallest absolute Gasteiger partial charge is 0.303 e. The van der Waals surface area contributed by atoms with Crippen molar-refractivity contribution in [2.45, 2.75) is 86.3 Å². The monoisotopic (exact) mass is 833 g/mol. The Morgan fingerprint density at radius 1 is 0.889 bits per heavy atom. The van der Waals surface area contributed by atoms with E-state index in [1.54, 1.807) is 18.2 Å². The van der Waals surface area contributed by atoms with Crippen LogP contribution in [0.4, 0.5) is 11.4 Å². The number of allylic oxidation sites excluding steroid dienone is 4. The number of anilines is 1. The van der Waals surface area contributed by atoms with Gasteiger partial charge in [-0.05, 0) is 82.0 Å². The van der Waals surface area contributed by atoms with Crippen molar-refractivity contribution in [3.63, 3.8) is 0 Å². The molecule has 0 aromatic heterocycles. The van der Waals surface area contributed by atoms with Crippen molar-refractivity contribution in [1.82, 2.24) is 0 Å². The molecule has 2 aliphatic heterocycles. The summed E-state index contributed by atoms with van der Waals surface area (Å²) < 4.78 is 106. The first kappa shape index (κ1) is 43.5. The Kier molecular flexibility index (Phi) is 14.0. The van der Waals surface area contributed by atoms with Crippen LogP contribution < -0.4 is 4.90 Å². The zero-order chi connectivity index (χ0) is 40.1. The van der Waals surface area contributed by atoms with E-state index in [9.17, 15) is 43.7 Å². The van der Waals surface area contributed by atoms with E-state index in [-0.39, 0.29) is 37.2 Å². The van der Waals surface area contributed by atoms with E-state index in [0.29, 0.717) is 47.5 Å². The molecule has 0 saturated carbocycles. The minimum Gasteiger partial charge on any atom is -0.481 e. The second kappa shape index (κ2) is 17.3. The molecule has 2 heterocycles. The summed E-state index contributed by atoms with van der Waals surface area (Å²) in [5.74, 6) is -1.90. The topological polar surface area (TPSA) is 245 Å². The van der Waals surface area contributed by atoms with Crippen molar-refractivity contribution in [1.29, 1.82) is 0 Å². The van der Waals surface area contributed by atoms with Gasteiger partial charge in [0.05, 0.1) is 33.9 Å². The second-order valence-corrected chi connectivity index (χ2v) is 19.2. The molecule has 298 valence electrons. The fraction of sp³-hybridized carbons (Fsp3) is 0.471. The van der Waals surface area contributed by atoms with E-state index in [1.807, 2.05) is 48.5 Å². The maximum atomic E-state index is 12.1. The number of carboxylic acid groups (broad SMARTS) is 1. The SMILES string of the molecule is CC1(C)C(/C=C/C=C2\N(CCCS(=O)(=O)O)c3ccc(SOOO)cc3C2(C)CCCCCC(=O)O)=[N+](CCCS(=O)(=O)O)c2ccc(S(=O)(=O)O)cc21. The highest BCUT2D eigenvalue weighted by atomic mass is 32.2. The Morgan fingerprint density at radius 2 is 1.57 bits per heavy atom. The van der Waals surface area contributed by atoms with Crippen LogP contribution in [0, 0.1) is 0 Å². The number of fused-ring (bicyclic) bond motifs is 2. The average Bonchev–Trinajstić information content (AvgIpc) is 3.41. The molecule has 0 radical (unpaired) electrons. The molecule has 1 unspecified atom stereocenters. The van der Waals surface area contributed by atoms with Crippen LogP contribution in [0.2, 0.25) is 0 Å². The number of hydrogen-bond acceptors (Lipinski definition) is 12. The van der Waals surface area contributed by atoms with E-state index < -0.39 is 58.7 Å². The Bertz CT molecular complexity index is 2160. The fourth-order valence-corrected chi connectivity index (χ4v) is 9.06. The highest BCUT2D eigenvalue weighted by molar-refractivity contribution is 7.94. The van der Waals surface area contributed by atoms with Gasteiger partial charge in [0.1, 0.15) is 6.54 Å². The molecule has 0 amide bonds. The molecule has 0 spiro atoms. The third-order valence-electron chi connectivity index (χ3n) is 9.67. The van der Waals surface area contributed by atoms with Gasteiger partial charge in [0.25, 0.3) is 30.4 Å². The largest absolute Gasteiger partial charge is 0.481 e. The van der Waals surface area contributed by atoms with Gasteiger partial charge in [-0.2, -0.15) is 29.8 Å². The number of carboxylic acids is 1. The third kappa shape index (κ3) is 10.8. The summed E-state index contributed by atoms with van der Waals surface area (Å²) >= 11 is 0.768. The van der Waals surface area contributed by atoms with Crippen LogP contribution in [0.1, 0.15) is 76.8 Å². The van der Waals surface area contributed by atoms with Gasteiger partial charge in [-0.25, -0.2) is 5.26 Å². The van der Waals surface area contributed by atoms with Crippen LogP contribution in [0.5, 0.6) is 0 Å². The van der Waals surface area contributed by atoms with Crippen LogP contribution >= 0.6 is 12.0 Å². The molecule has 16 nitrogen and oxygen atoms in total. The van der Waals surface area contributed by atoms with Crippen molar-refractivity contribution < 1.29 is 68.0 Å². The van der Waals surface area contributed by atoms with Crippen molar-refractivity contribution >= 4 is 65.5 Å². The first-order chi connectivity index (χ1) is 25.1. The summed E-state index contributed by atoms with van der Waals surface area (Å²) in [6.45, 7) is 6.03. The molecule has 4 rings (SSSR count). The Labute approximate surface area is 319 Å². The summed E-state index contributed by atoms with van der Waals surface area (Å²) in [5.41, 5.74) is 2.55. The molecule has 2 aliphatic rings. The summed E-state index contributed by atoms with van der Waals surface area (Å²) in [5, 5.41) is 21.7. The van der Waals surface area contributed by atoms with Gasteiger partial charge in [0, 0.05) is 58.8 Å². The predicted molar refractivity (Wildman–Crippen MR) is 201 cm³/mol. The molecule has 2 aromatic rings. The highest BCUT2D eigenvalue weighted by Gasteiger charge is 2.46. The van der Waals surface area contributed by atoms with Crippen molar-refractivity contribution in [3.8, 4) is 0 Å².